The van der Waals surface area contributed by atoms with Gasteiger partial charge >= 0.3 is 0 Å². The van der Waals surface area contributed by atoms with Crippen LogP contribution in [-0.4, -0.2) is 27.0 Å². The topological polar surface area (TPSA) is 66.1 Å². The van der Waals surface area contributed by atoms with Gasteiger partial charge in [-0.25, -0.2) is 9.49 Å². The number of benzene rings is 1. The number of amides is 1. The fourth-order valence-electron chi connectivity index (χ4n) is 2.22. The van der Waals surface area contributed by atoms with Crippen LogP contribution in [0, 0.1) is 5.82 Å². The first kappa shape index (κ1) is 14.7. The van der Waals surface area contributed by atoms with E-state index >= 15 is 0 Å². The summed E-state index contributed by atoms with van der Waals surface area (Å²) in [5, 5.41) is 6.25. The minimum absolute atomic E-state index is 0.0527. The van der Waals surface area contributed by atoms with Crippen molar-refractivity contribution in [1.29, 1.82) is 0 Å². The molecule has 114 valence electrons. The summed E-state index contributed by atoms with van der Waals surface area (Å²) in [7, 11) is 0. The van der Waals surface area contributed by atoms with Gasteiger partial charge in [-0.15, -0.1) is 0 Å². The molecule has 1 saturated carbocycles. The first-order chi connectivity index (χ1) is 10.6. The molecule has 0 radical (unpaired) electrons. The molecule has 0 atom stereocenters. The predicted octanol–water partition coefficient (Wildman–Crippen LogP) is 2.37. The normalized spacial score (nSPS) is 13.9. The van der Waals surface area contributed by atoms with E-state index in [9.17, 15) is 14.0 Å². The molecule has 1 fully saturated rings. The van der Waals surface area contributed by atoms with E-state index in [2.05, 4.69) is 10.2 Å². The minimum Gasteiger partial charge on any atom is -0.330 e. The largest absolute Gasteiger partial charge is 0.330 e. The van der Waals surface area contributed by atoms with Crippen LogP contribution in [0.2, 0.25) is 5.02 Å². The molecular weight excluding hydrogens is 309 g/mol. The Balaban J connectivity index is 1.89. The van der Waals surface area contributed by atoms with Crippen molar-refractivity contribution in [2.45, 2.75) is 25.4 Å². The zero-order chi connectivity index (χ0) is 15.7. The molecule has 2 aromatic rings. The number of rotatable bonds is 4. The second-order valence-corrected chi connectivity index (χ2v) is 5.58. The van der Waals surface area contributed by atoms with Gasteiger partial charge in [0, 0.05) is 22.7 Å². The maximum absolute atomic E-state index is 13.9. The summed E-state index contributed by atoms with van der Waals surface area (Å²) < 4.78 is 13.9. The van der Waals surface area contributed by atoms with Crippen LogP contribution in [0.25, 0.3) is 0 Å². The highest BCUT2D eigenvalue weighted by molar-refractivity contribution is 6.31. The van der Waals surface area contributed by atoms with E-state index < -0.39 is 5.82 Å². The molecule has 0 spiro atoms. The Morgan fingerprint density at radius 2 is 2.14 bits per heavy atom. The van der Waals surface area contributed by atoms with Crippen LogP contribution in [0.5, 0.6) is 0 Å². The van der Waals surface area contributed by atoms with Gasteiger partial charge in [0.1, 0.15) is 11.5 Å². The molecule has 1 aliphatic rings. The van der Waals surface area contributed by atoms with Crippen LogP contribution >= 0.6 is 11.6 Å². The molecule has 1 N–H and O–H groups in total. The third kappa shape index (κ3) is 3.01. The molecule has 1 amide bonds. The monoisotopic (exact) mass is 321 g/mol. The maximum Gasteiger partial charge on any atom is 0.274 e. The smallest absolute Gasteiger partial charge is 0.274 e. The van der Waals surface area contributed by atoms with Gasteiger partial charge < -0.3 is 4.90 Å². The molecule has 0 saturated heterocycles. The lowest BCUT2D eigenvalue weighted by Crippen LogP contribution is -2.34. The number of hydrogen-bond acceptors (Lipinski definition) is 3. The van der Waals surface area contributed by atoms with Crippen molar-refractivity contribution in [3.05, 3.63) is 62.8 Å². The van der Waals surface area contributed by atoms with Crippen molar-refractivity contribution in [2.24, 2.45) is 0 Å². The SMILES string of the molecule is O=C(c1ccc(=O)[nH]n1)N(Cc1c(F)cccc1Cl)C1CC1. The Hall–Kier alpha value is -2.21. The molecule has 1 aromatic heterocycles. The third-order valence-corrected chi connectivity index (χ3v) is 3.89. The molecule has 7 heteroatoms. The molecule has 5 nitrogen and oxygen atoms in total. The van der Waals surface area contributed by atoms with Crippen molar-refractivity contribution in [3.8, 4) is 0 Å². The number of aromatic amines is 1. The van der Waals surface area contributed by atoms with E-state index in [1.165, 1.54) is 24.3 Å². The second-order valence-electron chi connectivity index (χ2n) is 5.17. The lowest BCUT2D eigenvalue weighted by molar-refractivity contribution is 0.0721. The quantitative estimate of drug-likeness (QED) is 0.940. The summed E-state index contributed by atoms with van der Waals surface area (Å²) >= 11 is 6.03. The Morgan fingerprint density at radius 3 is 2.73 bits per heavy atom. The fourth-order valence-corrected chi connectivity index (χ4v) is 2.44. The molecule has 0 bridgehead atoms. The van der Waals surface area contributed by atoms with Crippen LogP contribution in [0.1, 0.15) is 28.9 Å². The van der Waals surface area contributed by atoms with Crippen LogP contribution in [-0.2, 0) is 6.54 Å². The molecule has 3 rings (SSSR count). The van der Waals surface area contributed by atoms with E-state index in [1.807, 2.05) is 0 Å². The van der Waals surface area contributed by atoms with Gasteiger partial charge in [-0.1, -0.05) is 17.7 Å². The number of nitrogens with zero attached hydrogens (tertiary/aromatic N) is 2. The molecule has 0 unspecified atom stereocenters. The molecular formula is C15H13ClFN3O2. The first-order valence-electron chi connectivity index (χ1n) is 6.86. The van der Waals surface area contributed by atoms with Crippen LogP contribution < -0.4 is 5.56 Å². The summed E-state index contributed by atoms with van der Waals surface area (Å²) in [6, 6.07) is 7.08. The summed E-state index contributed by atoms with van der Waals surface area (Å²) in [5.41, 5.74) is 0.0273. The second kappa shape index (κ2) is 5.88. The summed E-state index contributed by atoms with van der Waals surface area (Å²) in [5.74, 6) is -0.793. The maximum atomic E-state index is 13.9. The lowest BCUT2D eigenvalue weighted by Gasteiger charge is -2.22. The Morgan fingerprint density at radius 1 is 1.36 bits per heavy atom. The van der Waals surface area contributed by atoms with Gasteiger partial charge in [-0.2, -0.15) is 5.10 Å². The number of H-pyrrole nitrogens is 1. The highest BCUT2D eigenvalue weighted by atomic mass is 35.5. The van der Waals surface area contributed by atoms with Crippen LogP contribution in [0.3, 0.4) is 0 Å². The average molecular weight is 322 g/mol. The zero-order valence-electron chi connectivity index (χ0n) is 11.6. The molecule has 0 aliphatic heterocycles. The number of carbonyl (C=O) groups excluding carboxylic acids is 1. The number of aromatic nitrogens is 2. The van der Waals surface area contributed by atoms with Gasteiger partial charge in [0.15, 0.2) is 0 Å². The van der Waals surface area contributed by atoms with E-state index in [4.69, 9.17) is 11.6 Å². The number of carbonyl (C=O) groups is 1. The molecule has 22 heavy (non-hydrogen) atoms. The van der Waals surface area contributed by atoms with E-state index in [-0.39, 0.29) is 40.3 Å². The van der Waals surface area contributed by atoms with Gasteiger partial charge in [-0.3, -0.25) is 9.59 Å². The van der Waals surface area contributed by atoms with E-state index in [0.29, 0.717) is 0 Å². The Bertz CT molecular complexity index is 733. The summed E-state index contributed by atoms with van der Waals surface area (Å²) in [4.78, 5) is 25.1. The highest BCUT2D eigenvalue weighted by Crippen LogP contribution is 2.31. The van der Waals surface area contributed by atoms with E-state index in [1.54, 1.807) is 11.0 Å². The van der Waals surface area contributed by atoms with Crippen molar-refractivity contribution in [3.63, 3.8) is 0 Å². The van der Waals surface area contributed by atoms with Crippen LogP contribution in [0.15, 0.2) is 35.1 Å². The highest BCUT2D eigenvalue weighted by Gasteiger charge is 2.34. The predicted molar refractivity (Wildman–Crippen MR) is 79.2 cm³/mol. The van der Waals surface area contributed by atoms with Gasteiger partial charge in [0.05, 0.1) is 6.54 Å². The zero-order valence-corrected chi connectivity index (χ0v) is 12.3. The summed E-state index contributed by atoms with van der Waals surface area (Å²) in [6.07, 6.45) is 1.72. The average Bonchev–Trinajstić information content (AvgIpc) is 3.32. The van der Waals surface area contributed by atoms with Gasteiger partial charge in [-0.05, 0) is 31.0 Å². The van der Waals surface area contributed by atoms with Gasteiger partial charge in [0.2, 0.25) is 0 Å². The summed E-state index contributed by atoms with van der Waals surface area (Å²) in [6.45, 7) is 0.0792. The minimum atomic E-state index is -0.444. The molecule has 1 aliphatic carbocycles. The van der Waals surface area contributed by atoms with E-state index in [0.717, 1.165) is 12.8 Å². The lowest BCUT2D eigenvalue weighted by atomic mass is 10.2. The van der Waals surface area contributed by atoms with Crippen LogP contribution in [0.4, 0.5) is 4.39 Å². The fraction of sp³-hybridized carbons (Fsp3) is 0.267. The standard InChI is InChI=1S/C15H13ClFN3O2/c16-11-2-1-3-12(17)10(11)8-20(9-4-5-9)15(22)13-6-7-14(21)19-18-13/h1-3,6-7,9H,4-5,8H2,(H,19,21). The Kier molecular flexibility index (Phi) is 3.94. The van der Waals surface area contributed by atoms with Crippen molar-refractivity contribution in [1.82, 2.24) is 15.1 Å². The molecule has 1 aromatic carbocycles. The van der Waals surface area contributed by atoms with Crippen molar-refractivity contribution < 1.29 is 9.18 Å². The number of halogens is 2. The van der Waals surface area contributed by atoms with Crippen molar-refractivity contribution in [2.75, 3.05) is 0 Å². The first-order valence-corrected chi connectivity index (χ1v) is 7.23. The number of nitrogens with one attached hydrogen (secondary N) is 1. The molecule has 1 heterocycles. The van der Waals surface area contributed by atoms with Gasteiger partial charge in [0.25, 0.3) is 11.5 Å². The Labute approximate surface area is 130 Å². The third-order valence-electron chi connectivity index (χ3n) is 3.54. The van der Waals surface area contributed by atoms with Crippen molar-refractivity contribution >= 4 is 17.5 Å². The number of hydrogen-bond donors (Lipinski definition) is 1.